The molecule has 1 aromatic carbocycles. The average molecular weight is 248 g/mol. The maximum Gasteiger partial charge on any atom is 0.176 e. The molecule has 1 rings (SSSR count). The van der Waals surface area contributed by atoms with Crippen LogP contribution in [0.3, 0.4) is 0 Å². The number of carbonyl (C=O) groups excluding carboxylic acids is 1. The van der Waals surface area contributed by atoms with Gasteiger partial charge >= 0.3 is 0 Å². The van der Waals surface area contributed by atoms with Gasteiger partial charge in [0.05, 0.1) is 9.79 Å². The average Bonchev–Trinajstić information content (AvgIpc) is 2.15. The van der Waals surface area contributed by atoms with E-state index < -0.39 is 15.7 Å². The quantitative estimate of drug-likeness (QED) is 0.604. The molecule has 1 aromatic rings. The van der Waals surface area contributed by atoms with Crippen LogP contribution in [0.1, 0.15) is 10.4 Å². The van der Waals surface area contributed by atoms with Crippen LogP contribution in [0.5, 0.6) is 0 Å². The van der Waals surface area contributed by atoms with Gasteiger partial charge in [-0.2, -0.15) is 0 Å². The Balaban J connectivity index is 3.60. The predicted octanol–water partition coefficient (Wildman–Crippen LogP) is 1.76. The van der Waals surface area contributed by atoms with E-state index in [-0.39, 0.29) is 15.4 Å². The van der Waals surface area contributed by atoms with Gasteiger partial charge in [0.25, 0.3) is 0 Å². The van der Waals surface area contributed by atoms with Gasteiger partial charge in [-0.1, -0.05) is 0 Å². The first kappa shape index (κ1) is 12.2. The molecule has 0 aliphatic carbocycles. The molecule has 0 aliphatic heterocycles. The Morgan fingerprint density at radius 3 is 2.40 bits per heavy atom. The van der Waals surface area contributed by atoms with Crippen LogP contribution in [0.4, 0.5) is 4.39 Å². The van der Waals surface area contributed by atoms with E-state index in [1.807, 2.05) is 0 Å². The third-order valence-corrected chi connectivity index (χ3v) is 3.84. The van der Waals surface area contributed by atoms with Gasteiger partial charge in [0.15, 0.2) is 9.84 Å². The Bertz CT molecular complexity index is 494. The lowest BCUT2D eigenvalue weighted by Gasteiger charge is -2.07. The second kappa shape index (κ2) is 4.32. The summed E-state index contributed by atoms with van der Waals surface area (Å²) < 4.78 is 36.1. The summed E-state index contributed by atoms with van der Waals surface area (Å²) in [7, 11) is -3.52. The van der Waals surface area contributed by atoms with Crippen LogP contribution in [0.15, 0.2) is 21.9 Å². The third-order valence-electron chi connectivity index (χ3n) is 1.77. The van der Waals surface area contributed by atoms with E-state index in [4.69, 9.17) is 0 Å². The summed E-state index contributed by atoms with van der Waals surface area (Å²) in [5.74, 6) is -0.687. The van der Waals surface area contributed by atoms with E-state index in [1.54, 1.807) is 6.26 Å². The largest absolute Gasteiger partial charge is 0.298 e. The first-order valence-corrected chi connectivity index (χ1v) is 7.04. The number of carbonyl (C=O) groups is 1. The molecule has 3 nitrogen and oxygen atoms in total. The van der Waals surface area contributed by atoms with Gasteiger partial charge in [0.1, 0.15) is 12.1 Å². The summed E-state index contributed by atoms with van der Waals surface area (Å²) in [4.78, 5) is 10.4. The number of benzene rings is 1. The van der Waals surface area contributed by atoms with Gasteiger partial charge in [0, 0.05) is 11.8 Å². The zero-order valence-electron chi connectivity index (χ0n) is 8.15. The fourth-order valence-electron chi connectivity index (χ4n) is 1.13. The monoisotopic (exact) mass is 248 g/mol. The Morgan fingerprint density at radius 1 is 1.40 bits per heavy atom. The molecule has 0 fully saturated rings. The maximum atomic E-state index is 13.4. The fourth-order valence-corrected chi connectivity index (χ4v) is 3.13. The molecule has 0 atom stereocenters. The van der Waals surface area contributed by atoms with Crippen molar-refractivity contribution >= 4 is 27.9 Å². The van der Waals surface area contributed by atoms with Gasteiger partial charge < -0.3 is 0 Å². The highest BCUT2D eigenvalue weighted by molar-refractivity contribution is 7.99. The van der Waals surface area contributed by atoms with Crippen molar-refractivity contribution in [1.82, 2.24) is 0 Å². The van der Waals surface area contributed by atoms with Crippen LogP contribution >= 0.6 is 11.8 Å². The molecule has 0 N–H and O–H groups in total. The summed E-state index contributed by atoms with van der Waals surface area (Å²) in [5.41, 5.74) is 0.0192. The molecule has 0 bridgehead atoms. The maximum absolute atomic E-state index is 13.4. The second-order valence-corrected chi connectivity index (χ2v) is 5.72. The minimum atomic E-state index is -3.52. The summed E-state index contributed by atoms with van der Waals surface area (Å²) in [5, 5.41) is 0. The highest BCUT2D eigenvalue weighted by Gasteiger charge is 2.17. The van der Waals surface area contributed by atoms with Crippen molar-refractivity contribution in [3.8, 4) is 0 Å². The summed E-state index contributed by atoms with van der Waals surface area (Å²) in [6.07, 6.45) is 2.98. The smallest absolute Gasteiger partial charge is 0.176 e. The van der Waals surface area contributed by atoms with Crippen molar-refractivity contribution in [1.29, 1.82) is 0 Å². The molecule has 0 spiro atoms. The van der Waals surface area contributed by atoms with E-state index in [9.17, 15) is 17.6 Å². The van der Waals surface area contributed by atoms with Gasteiger partial charge in [-0.25, -0.2) is 12.8 Å². The van der Waals surface area contributed by atoms with Crippen LogP contribution in [0, 0.1) is 5.82 Å². The van der Waals surface area contributed by atoms with Crippen molar-refractivity contribution in [2.45, 2.75) is 9.79 Å². The topological polar surface area (TPSA) is 51.2 Å². The Hall–Kier alpha value is -0.880. The van der Waals surface area contributed by atoms with E-state index in [1.165, 1.54) is 6.07 Å². The molecule has 0 unspecified atom stereocenters. The summed E-state index contributed by atoms with van der Waals surface area (Å²) in [6.45, 7) is 0. The van der Waals surface area contributed by atoms with Crippen molar-refractivity contribution in [3.05, 3.63) is 23.5 Å². The number of halogens is 1. The summed E-state index contributed by atoms with van der Waals surface area (Å²) >= 11 is 0.998. The molecule has 6 heteroatoms. The van der Waals surface area contributed by atoms with Crippen LogP contribution in [0.2, 0.25) is 0 Å². The number of hydrogen-bond acceptors (Lipinski definition) is 4. The zero-order valence-corrected chi connectivity index (χ0v) is 9.78. The standard InChI is InChI=1S/C9H9FO3S2/c1-14-9-7(10)3-6(5-11)4-8(9)15(2,12)13/h3-5H,1-2H3. The fraction of sp³-hybridized carbons (Fsp3) is 0.222. The minimum Gasteiger partial charge on any atom is -0.298 e. The lowest BCUT2D eigenvalue weighted by Crippen LogP contribution is -2.02. The molecule has 82 valence electrons. The third kappa shape index (κ3) is 2.57. The zero-order chi connectivity index (χ0) is 11.6. The lowest BCUT2D eigenvalue weighted by atomic mass is 10.2. The number of sulfone groups is 1. The van der Waals surface area contributed by atoms with Crippen molar-refractivity contribution in [2.75, 3.05) is 12.5 Å². The summed E-state index contributed by atoms with van der Waals surface area (Å²) in [6, 6.07) is 2.20. The molecular weight excluding hydrogens is 239 g/mol. The second-order valence-electron chi connectivity index (χ2n) is 2.92. The molecule has 15 heavy (non-hydrogen) atoms. The number of rotatable bonds is 3. The normalized spacial score (nSPS) is 11.4. The molecule has 0 radical (unpaired) electrons. The van der Waals surface area contributed by atoms with Crippen molar-refractivity contribution < 1.29 is 17.6 Å². The van der Waals surface area contributed by atoms with Crippen LogP contribution in [-0.2, 0) is 9.84 Å². The Labute approximate surface area is 91.6 Å². The SMILES string of the molecule is CSc1c(F)cc(C=O)cc1S(C)(=O)=O. The lowest BCUT2D eigenvalue weighted by molar-refractivity contribution is 0.112. The van der Waals surface area contributed by atoms with E-state index in [0.717, 1.165) is 24.1 Å². The number of thioether (sulfide) groups is 1. The minimum absolute atomic E-state index is 0.0192. The first-order valence-electron chi connectivity index (χ1n) is 3.93. The molecule has 0 aromatic heterocycles. The molecule has 0 aliphatic rings. The highest BCUT2D eigenvalue weighted by atomic mass is 32.2. The van der Waals surface area contributed by atoms with Crippen molar-refractivity contribution in [3.63, 3.8) is 0 Å². The Kier molecular flexibility index (Phi) is 3.51. The van der Waals surface area contributed by atoms with Gasteiger partial charge in [0.2, 0.25) is 0 Å². The van der Waals surface area contributed by atoms with E-state index >= 15 is 0 Å². The van der Waals surface area contributed by atoms with Crippen LogP contribution in [-0.4, -0.2) is 27.2 Å². The molecular formula is C9H9FO3S2. The van der Waals surface area contributed by atoms with E-state index in [2.05, 4.69) is 0 Å². The van der Waals surface area contributed by atoms with Gasteiger partial charge in [-0.15, -0.1) is 11.8 Å². The van der Waals surface area contributed by atoms with Crippen molar-refractivity contribution in [2.24, 2.45) is 0 Å². The molecule has 0 heterocycles. The predicted molar refractivity (Wildman–Crippen MR) is 56.7 cm³/mol. The Morgan fingerprint density at radius 2 is 2.00 bits per heavy atom. The van der Waals surface area contributed by atoms with Crippen LogP contribution in [0.25, 0.3) is 0 Å². The molecule has 0 saturated heterocycles. The number of aldehydes is 1. The molecule has 0 amide bonds. The van der Waals surface area contributed by atoms with Crippen LogP contribution < -0.4 is 0 Å². The molecule has 0 saturated carbocycles. The van der Waals surface area contributed by atoms with Gasteiger partial charge in [-0.3, -0.25) is 4.79 Å². The number of hydrogen-bond donors (Lipinski definition) is 0. The van der Waals surface area contributed by atoms with E-state index in [0.29, 0.717) is 6.29 Å². The first-order chi connectivity index (χ1) is 6.90. The highest BCUT2D eigenvalue weighted by Crippen LogP contribution is 2.28. The van der Waals surface area contributed by atoms with Gasteiger partial charge in [-0.05, 0) is 18.4 Å².